The lowest BCUT2D eigenvalue weighted by Crippen LogP contribution is -2.23. The summed E-state index contributed by atoms with van der Waals surface area (Å²) in [7, 11) is 3.74. The molecule has 2 atom stereocenters. The quantitative estimate of drug-likeness (QED) is 0.142. The number of anilines is 2. The molecule has 0 fully saturated rings. The first-order valence-electron chi connectivity index (χ1n) is 17.3. The predicted molar refractivity (Wildman–Crippen MR) is 207 cm³/mol. The molecule has 0 N–H and O–H groups in total. The van der Waals surface area contributed by atoms with Crippen molar-refractivity contribution in [1.82, 2.24) is 29.5 Å². The zero-order valence-electron chi connectivity index (χ0n) is 30.6. The molecule has 2 aromatic heterocycles. The molecule has 0 unspecified atom stereocenters. The lowest BCUT2D eigenvalue weighted by molar-refractivity contribution is 0.0988. The maximum atomic E-state index is 14.4. The van der Waals surface area contributed by atoms with Gasteiger partial charge in [-0.1, -0.05) is 47.8 Å². The number of carbonyl (C=O) groups is 2. The summed E-state index contributed by atoms with van der Waals surface area (Å²) >= 11 is 3.00. The van der Waals surface area contributed by atoms with Crippen molar-refractivity contribution in [2.24, 2.45) is 14.1 Å². The number of hydrogen-bond acceptors (Lipinski definition) is 8. The van der Waals surface area contributed by atoms with Gasteiger partial charge in [0.25, 0.3) is 11.8 Å². The van der Waals surface area contributed by atoms with Crippen LogP contribution in [-0.2, 0) is 27.2 Å². The molecule has 2 amide bonds. The van der Waals surface area contributed by atoms with Gasteiger partial charge in [-0.2, -0.15) is 0 Å². The second kappa shape index (κ2) is 15.2. The van der Waals surface area contributed by atoms with Crippen molar-refractivity contribution in [3.63, 3.8) is 0 Å². The molecule has 10 nitrogen and oxygen atoms in total. The number of aromatic nitrogens is 6. The molecular formula is C40H38F2N8O2S2. The molecule has 0 radical (unpaired) electrons. The van der Waals surface area contributed by atoms with Crippen LogP contribution in [0.1, 0.15) is 78.4 Å². The van der Waals surface area contributed by atoms with E-state index in [2.05, 4.69) is 20.4 Å². The van der Waals surface area contributed by atoms with Crippen LogP contribution in [0.25, 0.3) is 0 Å². The Kier molecular flexibility index (Phi) is 10.4. The Morgan fingerprint density at radius 3 is 1.39 bits per heavy atom. The third kappa shape index (κ3) is 7.40. The summed E-state index contributed by atoms with van der Waals surface area (Å²) in [5, 5.41) is 17.3. The Balaban J connectivity index is 0.000000167. The Morgan fingerprint density at radius 1 is 0.630 bits per heavy atom. The van der Waals surface area contributed by atoms with Gasteiger partial charge in [0, 0.05) is 47.1 Å². The van der Waals surface area contributed by atoms with E-state index in [1.807, 2.05) is 99.5 Å². The fraction of sp³-hybridized carbons (Fsp3) is 0.250. The van der Waals surface area contributed by atoms with Crippen LogP contribution in [0, 0.1) is 25.5 Å². The van der Waals surface area contributed by atoms with Crippen molar-refractivity contribution >= 4 is 46.7 Å². The van der Waals surface area contributed by atoms with Crippen molar-refractivity contribution in [1.29, 1.82) is 0 Å². The lowest BCUT2D eigenvalue weighted by Gasteiger charge is -2.19. The molecule has 4 aromatic carbocycles. The lowest BCUT2D eigenvalue weighted by atomic mass is 10.1. The number of nitrogens with zero attached hydrogens (tertiary/aromatic N) is 8. The summed E-state index contributed by atoms with van der Waals surface area (Å²) in [6.07, 6.45) is 3.27. The smallest absolute Gasteiger partial charge is 0.258 e. The maximum Gasteiger partial charge on any atom is 0.258 e. The number of carbonyl (C=O) groups excluding carboxylic acids is 2. The third-order valence-corrected chi connectivity index (χ3v) is 12.1. The van der Waals surface area contributed by atoms with Crippen LogP contribution in [0.2, 0.25) is 0 Å². The number of benzene rings is 4. The number of fused-ring (bicyclic) bond motifs is 2. The van der Waals surface area contributed by atoms with Crippen molar-refractivity contribution in [3.05, 3.63) is 142 Å². The van der Waals surface area contributed by atoms with Gasteiger partial charge in [0.15, 0.2) is 10.3 Å². The number of thioether (sulfide) groups is 2. The van der Waals surface area contributed by atoms with Gasteiger partial charge in [0.2, 0.25) is 0 Å². The van der Waals surface area contributed by atoms with E-state index < -0.39 is 0 Å². The molecule has 6 aromatic rings. The molecule has 0 spiro atoms. The zero-order valence-corrected chi connectivity index (χ0v) is 32.3. The first-order chi connectivity index (χ1) is 25.9. The molecule has 4 heterocycles. The molecule has 0 saturated heterocycles. The highest BCUT2D eigenvalue weighted by molar-refractivity contribution is 7.99. The fourth-order valence-corrected chi connectivity index (χ4v) is 8.37. The minimum absolute atomic E-state index is 0.0378. The van der Waals surface area contributed by atoms with Crippen LogP contribution >= 0.6 is 23.5 Å². The Bertz CT molecular complexity index is 2230. The van der Waals surface area contributed by atoms with Crippen LogP contribution < -0.4 is 9.80 Å². The van der Waals surface area contributed by atoms with E-state index in [-0.39, 0.29) is 33.9 Å². The number of aryl methyl sites for hydroxylation is 4. The minimum atomic E-state index is -0.353. The Hall–Kier alpha value is -5.34. The molecule has 0 bridgehead atoms. The number of hydrogen-bond donors (Lipinski definition) is 0. The van der Waals surface area contributed by atoms with Crippen molar-refractivity contribution < 1.29 is 18.4 Å². The van der Waals surface area contributed by atoms with E-state index >= 15 is 0 Å². The molecule has 54 heavy (non-hydrogen) atoms. The van der Waals surface area contributed by atoms with E-state index in [0.29, 0.717) is 35.6 Å². The second-order valence-corrected chi connectivity index (χ2v) is 16.1. The highest BCUT2D eigenvalue weighted by Crippen LogP contribution is 2.39. The van der Waals surface area contributed by atoms with Crippen molar-refractivity contribution in [2.75, 3.05) is 9.80 Å². The third-order valence-electron chi connectivity index (χ3n) is 9.68. The van der Waals surface area contributed by atoms with E-state index in [0.717, 1.165) is 43.7 Å². The van der Waals surface area contributed by atoms with Gasteiger partial charge < -0.3 is 18.9 Å². The van der Waals surface area contributed by atoms with Gasteiger partial charge in [0.1, 0.15) is 24.3 Å². The van der Waals surface area contributed by atoms with Gasteiger partial charge >= 0.3 is 0 Å². The molecule has 0 aliphatic carbocycles. The van der Waals surface area contributed by atoms with E-state index in [4.69, 9.17) is 0 Å². The van der Waals surface area contributed by atoms with Gasteiger partial charge in [-0.25, -0.2) is 8.78 Å². The summed E-state index contributed by atoms with van der Waals surface area (Å²) in [6, 6.07) is 21.0. The van der Waals surface area contributed by atoms with Crippen LogP contribution in [0.4, 0.5) is 20.2 Å². The zero-order chi connectivity index (χ0) is 38.3. The van der Waals surface area contributed by atoms with Crippen molar-refractivity contribution in [2.45, 2.75) is 61.6 Å². The summed E-state index contributed by atoms with van der Waals surface area (Å²) in [4.78, 5) is 28.9. The normalized spacial score (nSPS) is 14.5. The standard InChI is InChI=1S/2C20H19FN4OS/c2*1-12-5-4-6-17-18(12)10-25(19(17)26)16-8-14(7-15(21)9-16)13(2)27-20-23-22-11-24(20)3/h2*4-9,11,13H,10H2,1-3H3/t2*13-/m10/s1. The van der Waals surface area contributed by atoms with Crippen LogP contribution in [0.5, 0.6) is 0 Å². The Morgan fingerprint density at radius 2 is 1.04 bits per heavy atom. The summed E-state index contributed by atoms with van der Waals surface area (Å²) < 4.78 is 32.4. The predicted octanol–water partition coefficient (Wildman–Crippen LogP) is 8.55. The minimum Gasteiger partial charge on any atom is -0.312 e. The fourth-order valence-electron chi connectivity index (χ4n) is 6.58. The monoisotopic (exact) mass is 764 g/mol. The van der Waals surface area contributed by atoms with Gasteiger partial charge in [-0.3, -0.25) is 9.59 Å². The maximum absolute atomic E-state index is 14.4. The van der Waals surface area contributed by atoms with E-state index in [1.165, 1.54) is 47.8 Å². The average Bonchev–Trinajstić information content (AvgIpc) is 3.92. The first kappa shape index (κ1) is 37.0. The number of amides is 2. The summed E-state index contributed by atoms with van der Waals surface area (Å²) in [5.74, 6) is -0.875. The van der Waals surface area contributed by atoms with Gasteiger partial charge in [0.05, 0.1) is 13.1 Å². The molecule has 0 saturated carbocycles. The first-order valence-corrected chi connectivity index (χ1v) is 19.1. The van der Waals surface area contributed by atoms with E-state index in [9.17, 15) is 18.4 Å². The number of rotatable bonds is 8. The van der Waals surface area contributed by atoms with Gasteiger partial charge in [-0.05, 0) is 110 Å². The van der Waals surface area contributed by atoms with E-state index in [1.54, 1.807) is 22.5 Å². The van der Waals surface area contributed by atoms with Crippen LogP contribution in [0.15, 0.2) is 95.8 Å². The highest BCUT2D eigenvalue weighted by Gasteiger charge is 2.31. The molecule has 8 rings (SSSR count). The largest absolute Gasteiger partial charge is 0.312 e. The van der Waals surface area contributed by atoms with Crippen molar-refractivity contribution in [3.8, 4) is 0 Å². The molecule has 2 aliphatic rings. The Labute approximate surface area is 320 Å². The molecule has 276 valence electrons. The topological polar surface area (TPSA) is 102 Å². The molecular weight excluding hydrogens is 727 g/mol. The summed E-state index contributed by atoms with van der Waals surface area (Å²) in [5.41, 5.74) is 8.33. The average molecular weight is 765 g/mol. The van der Waals surface area contributed by atoms with Crippen LogP contribution in [-0.4, -0.2) is 41.3 Å². The van der Waals surface area contributed by atoms with Gasteiger partial charge in [-0.15, -0.1) is 20.4 Å². The number of halogens is 2. The highest BCUT2D eigenvalue weighted by atomic mass is 32.2. The SMILES string of the molecule is Cc1cccc2c1CN(c1cc(F)cc([C@@H](C)Sc3nncn3C)c1)C2=O.Cc1cccc2c1CN(c1cc(F)cc([C@H](C)Sc3nncn3C)c1)C2=O. The second-order valence-electron chi connectivity index (χ2n) is 13.4. The molecule has 14 heteroatoms. The summed E-state index contributed by atoms with van der Waals surface area (Å²) in [6.45, 7) is 8.90. The molecule has 2 aliphatic heterocycles. The van der Waals surface area contributed by atoms with Crippen LogP contribution in [0.3, 0.4) is 0 Å².